The molecule has 3 aliphatic rings. The first-order chi connectivity index (χ1) is 12.0. The van der Waals surface area contributed by atoms with Crippen LogP contribution in [0.25, 0.3) is 0 Å². The van der Waals surface area contributed by atoms with Crippen LogP contribution in [0.3, 0.4) is 0 Å². The van der Waals surface area contributed by atoms with Gasteiger partial charge in [-0.2, -0.15) is 9.48 Å². The van der Waals surface area contributed by atoms with Crippen molar-refractivity contribution in [1.82, 2.24) is 9.80 Å². The fourth-order valence-electron chi connectivity index (χ4n) is 3.15. The van der Waals surface area contributed by atoms with Crippen molar-refractivity contribution in [2.75, 3.05) is 47.0 Å². The highest BCUT2D eigenvalue weighted by Crippen LogP contribution is 2.27. The highest BCUT2D eigenvalue weighted by Gasteiger charge is 2.51. The van der Waals surface area contributed by atoms with Crippen molar-refractivity contribution >= 4 is 29.9 Å². The molecule has 0 aromatic heterocycles. The van der Waals surface area contributed by atoms with Gasteiger partial charge in [-0.15, -0.1) is 4.99 Å². The lowest BCUT2D eigenvalue weighted by Crippen LogP contribution is -2.57. The molecule has 3 heterocycles. The molecule has 3 aliphatic heterocycles. The van der Waals surface area contributed by atoms with Gasteiger partial charge < -0.3 is 14.4 Å². The first-order valence-electron chi connectivity index (χ1n) is 8.06. The Labute approximate surface area is 145 Å². The van der Waals surface area contributed by atoms with Crippen LogP contribution in [-0.4, -0.2) is 91.3 Å². The van der Waals surface area contributed by atoms with Crippen LogP contribution >= 0.6 is 0 Å². The van der Waals surface area contributed by atoms with E-state index in [4.69, 9.17) is 9.47 Å². The van der Waals surface area contributed by atoms with Crippen molar-refractivity contribution < 1.29 is 28.4 Å². The van der Waals surface area contributed by atoms with Crippen molar-refractivity contribution in [1.29, 1.82) is 0 Å². The number of methoxy groups -OCH3 is 1. The molecule has 1 unspecified atom stereocenters. The Morgan fingerprint density at radius 1 is 1.40 bits per heavy atom. The maximum atomic E-state index is 12.9. The second-order valence-corrected chi connectivity index (χ2v) is 6.06. The van der Waals surface area contributed by atoms with Gasteiger partial charge in [-0.05, 0) is 6.92 Å². The molecule has 0 bridgehead atoms. The lowest BCUT2D eigenvalue weighted by molar-refractivity contribution is -0.408. The van der Waals surface area contributed by atoms with Crippen LogP contribution in [0, 0.1) is 5.92 Å². The van der Waals surface area contributed by atoms with E-state index in [1.165, 1.54) is 18.7 Å². The second-order valence-electron chi connectivity index (χ2n) is 6.06. The van der Waals surface area contributed by atoms with E-state index >= 15 is 0 Å². The number of urea groups is 1. The van der Waals surface area contributed by atoms with Crippen LogP contribution < -0.4 is 0 Å². The normalized spacial score (nSPS) is 24.0. The van der Waals surface area contributed by atoms with Gasteiger partial charge in [0.05, 0.1) is 27.4 Å². The summed E-state index contributed by atoms with van der Waals surface area (Å²) in [6.07, 6.45) is 1.57. The van der Waals surface area contributed by atoms with Gasteiger partial charge >= 0.3 is 11.9 Å². The number of ether oxygens (including phenoxy) is 2. The molecule has 0 spiro atoms. The summed E-state index contributed by atoms with van der Waals surface area (Å²) in [7, 11) is 3.01. The molecule has 0 aliphatic carbocycles. The summed E-state index contributed by atoms with van der Waals surface area (Å²) in [6, 6.07) is -0.565. The van der Waals surface area contributed by atoms with Gasteiger partial charge in [0.25, 0.3) is 11.7 Å². The zero-order valence-corrected chi connectivity index (χ0v) is 14.5. The molecule has 0 aromatic carbocycles. The highest BCUT2D eigenvalue weighted by molar-refractivity contribution is 6.16. The molecule has 1 atom stereocenters. The summed E-state index contributed by atoms with van der Waals surface area (Å²) in [5.74, 6) is -0.825. The number of imide groups is 1. The molecule has 0 N–H and O–H groups in total. The molecule has 9 nitrogen and oxygen atoms in total. The molecule has 25 heavy (non-hydrogen) atoms. The molecule has 0 aromatic rings. The number of amidine groups is 1. The standard InChI is InChI=1S/C16H21N4O5/c1-10-8-17-14-12(13(10)24-3)15(22)20(16(23)18(14)2)9-11(21)19-4-6-25-7-5-19/h8,12H,4-7,9H2,1-3H3/q+1. The molecule has 9 heteroatoms. The monoisotopic (exact) mass is 349 g/mol. The summed E-state index contributed by atoms with van der Waals surface area (Å²) in [4.78, 5) is 44.7. The zero-order chi connectivity index (χ0) is 18.1. The molecule has 1 fully saturated rings. The van der Waals surface area contributed by atoms with Gasteiger partial charge in [-0.1, -0.05) is 0 Å². The first-order valence-corrected chi connectivity index (χ1v) is 8.06. The molecule has 3 rings (SSSR count). The van der Waals surface area contributed by atoms with E-state index in [0.717, 1.165) is 4.90 Å². The Balaban J connectivity index is 1.88. The summed E-state index contributed by atoms with van der Waals surface area (Å²) in [5.41, 5.74) is 0.715. The van der Waals surface area contributed by atoms with Crippen LogP contribution in [0.2, 0.25) is 0 Å². The highest BCUT2D eigenvalue weighted by atomic mass is 16.5. The number of morpholine rings is 1. The minimum atomic E-state index is -0.810. The van der Waals surface area contributed by atoms with Crippen LogP contribution in [0.5, 0.6) is 0 Å². The number of carbonyl (C=O) groups is 3. The number of nitrogens with zero attached hydrogens (tertiary/aromatic N) is 4. The van der Waals surface area contributed by atoms with Crippen molar-refractivity contribution in [3.8, 4) is 0 Å². The Hall–Kier alpha value is -2.55. The van der Waals surface area contributed by atoms with Crippen LogP contribution in [-0.2, 0) is 19.1 Å². The Bertz CT molecular complexity index is 718. The minimum Gasteiger partial charge on any atom is -0.499 e. The van der Waals surface area contributed by atoms with Gasteiger partial charge in [0, 0.05) is 18.7 Å². The third-order valence-corrected chi connectivity index (χ3v) is 4.55. The molecule has 0 radical (unpaired) electrons. The number of hydrogen-bond donors (Lipinski definition) is 0. The Kier molecular flexibility index (Phi) is 4.67. The average molecular weight is 349 g/mol. The number of aliphatic imine (C=N–C) groups is 1. The number of rotatable bonds is 3. The van der Waals surface area contributed by atoms with Gasteiger partial charge in [0.15, 0.2) is 12.5 Å². The molecule has 4 amide bonds. The third kappa shape index (κ3) is 2.95. The molecule has 134 valence electrons. The number of carbonyl (C=O) groups excluding carboxylic acids is 3. The van der Waals surface area contributed by atoms with E-state index < -0.39 is 17.9 Å². The zero-order valence-electron chi connectivity index (χ0n) is 14.5. The van der Waals surface area contributed by atoms with Crippen LogP contribution in [0.1, 0.15) is 6.92 Å². The van der Waals surface area contributed by atoms with Gasteiger partial charge in [0.1, 0.15) is 12.0 Å². The van der Waals surface area contributed by atoms with Gasteiger partial charge in [0.2, 0.25) is 0 Å². The Morgan fingerprint density at radius 2 is 2.08 bits per heavy atom. The molecule has 0 saturated carbocycles. The fourth-order valence-corrected chi connectivity index (χ4v) is 3.15. The Morgan fingerprint density at radius 3 is 2.72 bits per heavy atom. The average Bonchev–Trinajstić information content (AvgIpc) is 2.63. The number of allylic oxidation sites excluding steroid dienone is 1. The smallest absolute Gasteiger partial charge is 0.446 e. The molecule has 1 saturated heterocycles. The summed E-state index contributed by atoms with van der Waals surface area (Å²) >= 11 is 0. The number of dihydropyridines is 1. The van der Waals surface area contributed by atoms with E-state index in [1.807, 2.05) is 0 Å². The van der Waals surface area contributed by atoms with E-state index in [-0.39, 0.29) is 12.5 Å². The van der Waals surface area contributed by atoms with E-state index in [9.17, 15) is 14.4 Å². The molecular formula is C16H21N4O5+. The fraction of sp³-hybridized carbons (Fsp3) is 0.562. The van der Waals surface area contributed by atoms with Crippen molar-refractivity contribution in [2.45, 2.75) is 6.92 Å². The number of hydrogen-bond acceptors (Lipinski definition) is 6. The van der Waals surface area contributed by atoms with Crippen molar-refractivity contribution in [2.24, 2.45) is 10.9 Å². The predicted octanol–water partition coefficient (Wildman–Crippen LogP) is -0.531. The van der Waals surface area contributed by atoms with Crippen LogP contribution in [0.4, 0.5) is 4.79 Å². The largest absolute Gasteiger partial charge is 0.499 e. The quantitative estimate of drug-likeness (QED) is 0.639. The second kappa shape index (κ2) is 6.75. The van der Waals surface area contributed by atoms with Crippen molar-refractivity contribution in [3.63, 3.8) is 0 Å². The molecular weight excluding hydrogens is 328 g/mol. The topological polar surface area (TPSA) is 91.5 Å². The lowest BCUT2D eigenvalue weighted by atomic mass is 9.96. The SMILES string of the molecule is COC1=C(C)C=NC2=[N+](C)C(=O)N(CC(=O)N3CCOCC3)C(=O)C12. The van der Waals surface area contributed by atoms with Gasteiger partial charge in [-0.3, -0.25) is 9.59 Å². The van der Waals surface area contributed by atoms with Gasteiger partial charge in [-0.25, -0.2) is 4.79 Å². The lowest BCUT2D eigenvalue weighted by Gasteiger charge is -2.31. The summed E-state index contributed by atoms with van der Waals surface area (Å²) in [5, 5.41) is 0. The maximum absolute atomic E-state index is 12.9. The predicted molar refractivity (Wildman–Crippen MR) is 87.4 cm³/mol. The summed E-state index contributed by atoms with van der Waals surface area (Å²) in [6.45, 7) is 3.31. The minimum absolute atomic E-state index is 0.277. The third-order valence-electron chi connectivity index (χ3n) is 4.55. The van der Waals surface area contributed by atoms with Crippen LogP contribution in [0.15, 0.2) is 16.3 Å². The van der Waals surface area contributed by atoms with Crippen molar-refractivity contribution in [3.05, 3.63) is 11.3 Å². The van der Waals surface area contributed by atoms with E-state index in [1.54, 1.807) is 18.0 Å². The maximum Gasteiger partial charge on any atom is 0.446 e. The summed E-state index contributed by atoms with van der Waals surface area (Å²) < 4.78 is 11.9. The number of amides is 4. The van der Waals surface area contributed by atoms with E-state index in [0.29, 0.717) is 43.5 Å². The van der Waals surface area contributed by atoms with E-state index in [2.05, 4.69) is 4.99 Å². The first kappa shape index (κ1) is 17.3. The number of fused-ring (bicyclic) bond motifs is 1.